The van der Waals surface area contributed by atoms with Gasteiger partial charge in [0.25, 0.3) is 0 Å². The number of benzene rings is 2. The number of halogens is 2. The van der Waals surface area contributed by atoms with Crippen LogP contribution in [0.4, 0.5) is 0 Å². The SMILES string of the molecule is OCCCNCC(O)Cn1c2ccc(Br)cc2c2cc(Br)ccc21. The topological polar surface area (TPSA) is 57.4 Å². The smallest absolute Gasteiger partial charge is 0.0843 e. The van der Waals surface area contributed by atoms with Gasteiger partial charge in [0, 0.05) is 43.9 Å². The molecule has 0 saturated carbocycles. The summed E-state index contributed by atoms with van der Waals surface area (Å²) >= 11 is 7.09. The largest absolute Gasteiger partial charge is 0.396 e. The maximum absolute atomic E-state index is 10.4. The number of fused-ring (bicyclic) bond motifs is 3. The van der Waals surface area contributed by atoms with Gasteiger partial charge in [-0.05, 0) is 49.4 Å². The molecule has 1 aromatic heterocycles. The maximum atomic E-state index is 10.4. The Hall–Kier alpha value is -0.920. The van der Waals surface area contributed by atoms with Gasteiger partial charge in [0.2, 0.25) is 0 Å². The molecule has 0 radical (unpaired) electrons. The second-order valence-electron chi connectivity index (χ2n) is 5.87. The molecule has 4 nitrogen and oxygen atoms in total. The maximum Gasteiger partial charge on any atom is 0.0843 e. The predicted molar refractivity (Wildman–Crippen MR) is 105 cm³/mol. The second-order valence-corrected chi connectivity index (χ2v) is 7.70. The summed E-state index contributed by atoms with van der Waals surface area (Å²) in [5.41, 5.74) is 2.22. The first-order valence-electron chi connectivity index (χ1n) is 7.97. The van der Waals surface area contributed by atoms with Crippen molar-refractivity contribution >= 4 is 53.7 Å². The van der Waals surface area contributed by atoms with Gasteiger partial charge in [0.15, 0.2) is 0 Å². The minimum absolute atomic E-state index is 0.166. The molecule has 0 bridgehead atoms. The van der Waals surface area contributed by atoms with Crippen molar-refractivity contribution in [2.45, 2.75) is 19.1 Å². The first kappa shape index (κ1) is 17.9. The molecule has 0 aliphatic heterocycles. The number of hydrogen-bond acceptors (Lipinski definition) is 3. The summed E-state index contributed by atoms with van der Waals surface area (Å²) in [6.07, 6.45) is 0.208. The van der Waals surface area contributed by atoms with E-state index < -0.39 is 6.10 Å². The standard InChI is InChI=1S/C18H20Br2N2O2/c19-12-2-4-17-15(8-12)16-9-13(20)3-5-18(16)22(17)11-14(24)10-21-6-1-7-23/h2-5,8-9,14,21,23-24H,1,6-7,10-11H2. The lowest BCUT2D eigenvalue weighted by molar-refractivity contribution is 0.153. The lowest BCUT2D eigenvalue weighted by atomic mass is 10.2. The Morgan fingerprint density at radius 3 is 2.12 bits per heavy atom. The van der Waals surface area contributed by atoms with E-state index in [1.54, 1.807) is 0 Å². The molecular formula is C18H20Br2N2O2. The number of nitrogens with one attached hydrogen (secondary N) is 1. The molecule has 0 aliphatic carbocycles. The van der Waals surface area contributed by atoms with E-state index >= 15 is 0 Å². The zero-order valence-corrected chi connectivity index (χ0v) is 16.3. The van der Waals surface area contributed by atoms with E-state index in [0.717, 1.165) is 20.0 Å². The average molecular weight is 456 g/mol. The molecule has 3 N–H and O–H groups in total. The fourth-order valence-corrected chi connectivity index (χ4v) is 3.72. The Labute approximate surface area is 157 Å². The molecule has 2 aromatic carbocycles. The highest BCUT2D eigenvalue weighted by Gasteiger charge is 2.14. The monoisotopic (exact) mass is 454 g/mol. The molecule has 0 aliphatic rings. The van der Waals surface area contributed by atoms with E-state index in [2.05, 4.69) is 66.0 Å². The molecule has 0 saturated heterocycles. The van der Waals surface area contributed by atoms with Crippen molar-refractivity contribution in [2.24, 2.45) is 0 Å². The Bertz CT molecular complexity index is 789. The Balaban J connectivity index is 1.93. The third kappa shape index (κ3) is 3.83. The van der Waals surface area contributed by atoms with Crippen molar-refractivity contribution in [1.82, 2.24) is 9.88 Å². The molecule has 24 heavy (non-hydrogen) atoms. The molecule has 1 heterocycles. The van der Waals surface area contributed by atoms with Crippen molar-refractivity contribution in [2.75, 3.05) is 19.7 Å². The van der Waals surface area contributed by atoms with Gasteiger partial charge < -0.3 is 20.1 Å². The van der Waals surface area contributed by atoms with Crippen molar-refractivity contribution in [3.05, 3.63) is 45.3 Å². The van der Waals surface area contributed by atoms with Crippen molar-refractivity contribution in [1.29, 1.82) is 0 Å². The molecular weight excluding hydrogens is 436 g/mol. The fourth-order valence-electron chi connectivity index (χ4n) is 2.99. The number of nitrogens with zero attached hydrogens (tertiary/aromatic N) is 1. The lowest BCUT2D eigenvalue weighted by Gasteiger charge is -2.15. The van der Waals surface area contributed by atoms with Gasteiger partial charge in [-0.15, -0.1) is 0 Å². The molecule has 3 aromatic rings. The normalized spacial score (nSPS) is 13.0. The van der Waals surface area contributed by atoms with Gasteiger partial charge >= 0.3 is 0 Å². The number of aliphatic hydroxyl groups excluding tert-OH is 2. The molecule has 1 atom stereocenters. The van der Waals surface area contributed by atoms with Crippen LogP contribution < -0.4 is 5.32 Å². The fraction of sp³-hybridized carbons (Fsp3) is 0.333. The molecule has 6 heteroatoms. The summed E-state index contributed by atoms with van der Waals surface area (Å²) in [7, 11) is 0. The molecule has 0 spiro atoms. The first-order chi connectivity index (χ1) is 11.6. The van der Waals surface area contributed by atoms with E-state index in [-0.39, 0.29) is 6.61 Å². The summed E-state index contributed by atoms with van der Waals surface area (Å²) in [4.78, 5) is 0. The van der Waals surface area contributed by atoms with Gasteiger partial charge in [0.1, 0.15) is 0 Å². The van der Waals surface area contributed by atoms with Crippen molar-refractivity contribution in [3.8, 4) is 0 Å². The highest BCUT2D eigenvalue weighted by molar-refractivity contribution is 9.10. The Morgan fingerprint density at radius 1 is 1.00 bits per heavy atom. The average Bonchev–Trinajstić information content (AvgIpc) is 2.84. The summed E-state index contributed by atoms with van der Waals surface area (Å²) in [6, 6.07) is 12.5. The molecule has 0 fully saturated rings. The van der Waals surface area contributed by atoms with Gasteiger partial charge in [-0.3, -0.25) is 0 Å². The van der Waals surface area contributed by atoms with Crippen LogP contribution in [0.15, 0.2) is 45.3 Å². The minimum Gasteiger partial charge on any atom is -0.396 e. The first-order valence-corrected chi connectivity index (χ1v) is 9.55. The zero-order valence-electron chi connectivity index (χ0n) is 13.2. The lowest BCUT2D eigenvalue weighted by Crippen LogP contribution is -2.31. The number of rotatable bonds is 7. The molecule has 0 amide bonds. The van der Waals surface area contributed by atoms with Gasteiger partial charge in [-0.2, -0.15) is 0 Å². The van der Waals surface area contributed by atoms with E-state index in [9.17, 15) is 5.11 Å². The predicted octanol–water partition coefficient (Wildman–Crippen LogP) is 3.65. The highest BCUT2D eigenvalue weighted by Crippen LogP contribution is 2.33. The summed E-state index contributed by atoms with van der Waals surface area (Å²) < 4.78 is 4.25. The summed E-state index contributed by atoms with van der Waals surface area (Å²) in [5, 5.41) is 24.7. The van der Waals surface area contributed by atoms with Crippen molar-refractivity contribution < 1.29 is 10.2 Å². The van der Waals surface area contributed by atoms with Crippen LogP contribution in [0.1, 0.15) is 6.42 Å². The van der Waals surface area contributed by atoms with Gasteiger partial charge in [-0.25, -0.2) is 0 Å². The van der Waals surface area contributed by atoms with Gasteiger partial charge in [-0.1, -0.05) is 31.9 Å². The zero-order chi connectivity index (χ0) is 17.1. The van der Waals surface area contributed by atoms with Crippen LogP contribution in [0.25, 0.3) is 21.8 Å². The summed E-state index contributed by atoms with van der Waals surface area (Å²) in [5.74, 6) is 0. The highest BCUT2D eigenvalue weighted by atomic mass is 79.9. The van der Waals surface area contributed by atoms with E-state index in [0.29, 0.717) is 26.1 Å². The third-order valence-corrected chi connectivity index (χ3v) is 5.06. The molecule has 128 valence electrons. The molecule has 1 unspecified atom stereocenters. The number of hydrogen-bond donors (Lipinski definition) is 3. The number of aromatic nitrogens is 1. The van der Waals surface area contributed by atoms with E-state index in [1.165, 1.54) is 10.8 Å². The summed E-state index contributed by atoms with van der Waals surface area (Å²) in [6.45, 7) is 1.91. The van der Waals surface area contributed by atoms with Crippen LogP contribution in [0.3, 0.4) is 0 Å². The van der Waals surface area contributed by atoms with Gasteiger partial charge in [0.05, 0.1) is 12.6 Å². The van der Waals surface area contributed by atoms with Crippen LogP contribution in [0.5, 0.6) is 0 Å². The van der Waals surface area contributed by atoms with Crippen LogP contribution >= 0.6 is 31.9 Å². The quantitative estimate of drug-likeness (QED) is 0.476. The van der Waals surface area contributed by atoms with Crippen LogP contribution in [-0.2, 0) is 6.54 Å². The van der Waals surface area contributed by atoms with Crippen LogP contribution in [0, 0.1) is 0 Å². The Kier molecular flexibility index (Phi) is 5.94. The van der Waals surface area contributed by atoms with E-state index in [1.807, 2.05) is 12.1 Å². The van der Waals surface area contributed by atoms with Crippen LogP contribution in [-0.4, -0.2) is 40.6 Å². The number of aliphatic hydroxyl groups is 2. The van der Waals surface area contributed by atoms with Crippen molar-refractivity contribution in [3.63, 3.8) is 0 Å². The minimum atomic E-state index is -0.491. The second kappa shape index (κ2) is 7.97. The van der Waals surface area contributed by atoms with E-state index in [4.69, 9.17) is 5.11 Å². The Morgan fingerprint density at radius 2 is 1.58 bits per heavy atom. The third-order valence-electron chi connectivity index (χ3n) is 4.07. The molecule has 3 rings (SSSR count). The van der Waals surface area contributed by atoms with Crippen LogP contribution in [0.2, 0.25) is 0 Å².